The highest BCUT2D eigenvalue weighted by molar-refractivity contribution is 5.49. The number of halogens is 1. The summed E-state index contributed by atoms with van der Waals surface area (Å²) in [7, 11) is 0. The second kappa shape index (κ2) is 4.60. The van der Waals surface area contributed by atoms with Crippen LogP contribution < -0.4 is 0 Å². The molecule has 0 aromatic heterocycles. The SMILES string of the molecule is Oc1cc(O)c2c(c1)CC[C@H]1[C@@H]3CCC(O)[C@H]3C[C@H](F)[C@H]21. The molecule has 0 spiro atoms. The third-order valence-corrected chi connectivity index (χ3v) is 6.05. The van der Waals surface area contributed by atoms with Gasteiger partial charge in [0.1, 0.15) is 17.7 Å². The Kier molecular flexibility index (Phi) is 2.93. The van der Waals surface area contributed by atoms with Gasteiger partial charge in [0.25, 0.3) is 0 Å². The van der Waals surface area contributed by atoms with Gasteiger partial charge < -0.3 is 15.3 Å². The number of alkyl halides is 1. The Labute approximate surface area is 123 Å². The van der Waals surface area contributed by atoms with E-state index in [1.54, 1.807) is 6.07 Å². The molecule has 0 bridgehead atoms. The van der Waals surface area contributed by atoms with Crippen molar-refractivity contribution in [1.82, 2.24) is 0 Å². The third kappa shape index (κ3) is 1.88. The summed E-state index contributed by atoms with van der Waals surface area (Å²) in [6.07, 6.45) is 2.42. The molecule has 3 aliphatic carbocycles. The molecule has 21 heavy (non-hydrogen) atoms. The summed E-state index contributed by atoms with van der Waals surface area (Å²) in [5.41, 5.74) is 1.59. The molecule has 4 heteroatoms. The lowest BCUT2D eigenvalue weighted by Crippen LogP contribution is -2.42. The van der Waals surface area contributed by atoms with Gasteiger partial charge in [0.2, 0.25) is 0 Å². The average Bonchev–Trinajstić information content (AvgIpc) is 2.79. The number of rotatable bonds is 0. The van der Waals surface area contributed by atoms with E-state index in [0.717, 1.165) is 31.2 Å². The minimum Gasteiger partial charge on any atom is -0.508 e. The summed E-state index contributed by atoms with van der Waals surface area (Å²) < 4.78 is 14.8. The van der Waals surface area contributed by atoms with Gasteiger partial charge in [-0.2, -0.15) is 0 Å². The molecule has 2 fully saturated rings. The van der Waals surface area contributed by atoms with Crippen molar-refractivity contribution in [1.29, 1.82) is 0 Å². The van der Waals surface area contributed by atoms with Crippen LogP contribution in [0.3, 0.4) is 0 Å². The lowest BCUT2D eigenvalue weighted by Gasteiger charge is -2.46. The Morgan fingerprint density at radius 1 is 1.00 bits per heavy atom. The van der Waals surface area contributed by atoms with Crippen LogP contribution in [-0.2, 0) is 6.42 Å². The first-order valence-corrected chi connectivity index (χ1v) is 7.93. The van der Waals surface area contributed by atoms with Crippen LogP contribution in [0, 0.1) is 17.8 Å². The molecule has 1 aromatic carbocycles. The number of benzene rings is 1. The highest BCUT2D eigenvalue weighted by Crippen LogP contribution is 2.57. The summed E-state index contributed by atoms with van der Waals surface area (Å²) >= 11 is 0. The zero-order valence-corrected chi connectivity index (χ0v) is 11.9. The van der Waals surface area contributed by atoms with Crippen molar-refractivity contribution in [2.45, 2.75) is 50.3 Å². The van der Waals surface area contributed by atoms with Gasteiger partial charge in [-0.25, -0.2) is 4.39 Å². The lowest BCUT2D eigenvalue weighted by atomic mass is 9.60. The van der Waals surface area contributed by atoms with Crippen LogP contribution in [-0.4, -0.2) is 27.6 Å². The number of hydrogen-bond acceptors (Lipinski definition) is 3. The number of aliphatic hydroxyl groups excluding tert-OH is 1. The Bertz CT molecular complexity index is 573. The van der Waals surface area contributed by atoms with Crippen LogP contribution in [0.2, 0.25) is 0 Å². The van der Waals surface area contributed by atoms with Crippen molar-refractivity contribution in [2.24, 2.45) is 17.8 Å². The Balaban J connectivity index is 1.77. The fourth-order valence-electron chi connectivity index (χ4n) is 5.26. The molecule has 0 aliphatic heterocycles. The normalized spacial score (nSPS) is 41.2. The monoisotopic (exact) mass is 292 g/mol. The van der Waals surface area contributed by atoms with E-state index in [0.29, 0.717) is 17.9 Å². The van der Waals surface area contributed by atoms with Gasteiger partial charge >= 0.3 is 0 Å². The molecule has 114 valence electrons. The molecule has 2 saturated carbocycles. The van der Waals surface area contributed by atoms with Crippen LogP contribution >= 0.6 is 0 Å². The van der Waals surface area contributed by atoms with E-state index in [1.165, 1.54) is 6.07 Å². The largest absolute Gasteiger partial charge is 0.508 e. The standard InChI is InChI=1S/C17H21FO3/c18-13-7-12-10(3-4-14(12)20)11-2-1-8-5-9(19)6-15(21)16(8)17(11)13/h5-6,10-14,17,19-21H,1-4,7H2/t10-,11-,12-,13-,14?,17+/m0/s1. The number of aryl methyl sites for hydroxylation is 1. The Morgan fingerprint density at radius 3 is 2.62 bits per heavy atom. The smallest absolute Gasteiger partial charge is 0.123 e. The fourth-order valence-corrected chi connectivity index (χ4v) is 5.26. The van der Waals surface area contributed by atoms with Crippen molar-refractivity contribution in [3.05, 3.63) is 23.3 Å². The molecule has 0 radical (unpaired) electrons. The molecule has 6 atom stereocenters. The van der Waals surface area contributed by atoms with E-state index in [9.17, 15) is 19.7 Å². The number of phenols is 2. The van der Waals surface area contributed by atoms with Crippen LogP contribution in [0.15, 0.2) is 12.1 Å². The maximum Gasteiger partial charge on any atom is 0.123 e. The van der Waals surface area contributed by atoms with Crippen LogP contribution in [0.5, 0.6) is 11.5 Å². The number of hydrogen-bond donors (Lipinski definition) is 3. The highest BCUT2D eigenvalue weighted by Gasteiger charge is 2.52. The Hall–Kier alpha value is -1.29. The van der Waals surface area contributed by atoms with Crippen molar-refractivity contribution in [3.63, 3.8) is 0 Å². The van der Waals surface area contributed by atoms with Crippen molar-refractivity contribution in [2.75, 3.05) is 0 Å². The van der Waals surface area contributed by atoms with Gasteiger partial charge in [0.05, 0.1) is 6.10 Å². The summed E-state index contributed by atoms with van der Waals surface area (Å²) in [5.74, 6) is 0.463. The molecule has 0 amide bonds. The van der Waals surface area contributed by atoms with Gasteiger partial charge in [0.15, 0.2) is 0 Å². The molecule has 3 aliphatic rings. The van der Waals surface area contributed by atoms with E-state index in [1.807, 2.05) is 0 Å². The maximum atomic E-state index is 14.8. The van der Waals surface area contributed by atoms with Gasteiger partial charge in [-0.1, -0.05) is 0 Å². The first-order chi connectivity index (χ1) is 10.1. The minimum absolute atomic E-state index is 0.0272. The van der Waals surface area contributed by atoms with Crippen molar-refractivity contribution in [3.8, 4) is 11.5 Å². The number of aromatic hydroxyl groups is 2. The minimum atomic E-state index is -1.02. The van der Waals surface area contributed by atoms with E-state index < -0.39 is 6.17 Å². The zero-order valence-electron chi connectivity index (χ0n) is 11.9. The van der Waals surface area contributed by atoms with Gasteiger partial charge in [-0.15, -0.1) is 0 Å². The van der Waals surface area contributed by atoms with Gasteiger partial charge in [0, 0.05) is 17.5 Å². The number of phenolic OH excluding ortho intramolecular Hbond substituents is 2. The average molecular weight is 292 g/mol. The second-order valence-corrected chi connectivity index (χ2v) is 6.99. The number of fused-ring (bicyclic) bond motifs is 5. The maximum absolute atomic E-state index is 14.8. The molecule has 0 saturated heterocycles. The molecule has 1 aromatic rings. The molecule has 0 heterocycles. The van der Waals surface area contributed by atoms with E-state index in [2.05, 4.69) is 0 Å². The lowest BCUT2D eigenvalue weighted by molar-refractivity contribution is 0.0116. The highest BCUT2D eigenvalue weighted by atomic mass is 19.1. The summed E-state index contributed by atoms with van der Waals surface area (Å²) in [5, 5.41) is 29.9. The molecule has 4 rings (SSSR count). The predicted octanol–water partition coefficient (Wildman–Crippen LogP) is 2.87. The van der Waals surface area contributed by atoms with Crippen LogP contribution in [0.25, 0.3) is 0 Å². The predicted molar refractivity (Wildman–Crippen MR) is 76.1 cm³/mol. The van der Waals surface area contributed by atoms with Gasteiger partial charge in [-0.3, -0.25) is 0 Å². The van der Waals surface area contributed by atoms with Crippen molar-refractivity contribution < 1.29 is 19.7 Å². The van der Waals surface area contributed by atoms with E-state index >= 15 is 0 Å². The zero-order chi connectivity index (χ0) is 14.7. The molecule has 3 N–H and O–H groups in total. The van der Waals surface area contributed by atoms with E-state index in [-0.39, 0.29) is 35.4 Å². The molecular weight excluding hydrogens is 271 g/mol. The third-order valence-electron chi connectivity index (χ3n) is 6.05. The summed E-state index contributed by atoms with van der Waals surface area (Å²) in [4.78, 5) is 0. The topological polar surface area (TPSA) is 60.7 Å². The fraction of sp³-hybridized carbons (Fsp3) is 0.647. The Morgan fingerprint density at radius 2 is 1.81 bits per heavy atom. The first-order valence-electron chi connectivity index (χ1n) is 7.93. The quantitative estimate of drug-likeness (QED) is 0.689. The van der Waals surface area contributed by atoms with Crippen molar-refractivity contribution >= 4 is 0 Å². The first kappa shape index (κ1) is 13.4. The van der Waals surface area contributed by atoms with Crippen LogP contribution in [0.4, 0.5) is 4.39 Å². The molecule has 1 unspecified atom stereocenters. The molecule has 3 nitrogen and oxygen atoms in total. The molecular formula is C17H21FO3. The van der Waals surface area contributed by atoms with E-state index in [4.69, 9.17) is 0 Å². The summed E-state index contributed by atoms with van der Waals surface area (Å²) in [6, 6.07) is 2.98. The summed E-state index contributed by atoms with van der Waals surface area (Å²) in [6.45, 7) is 0. The second-order valence-electron chi connectivity index (χ2n) is 6.99. The number of aliphatic hydroxyl groups is 1. The van der Waals surface area contributed by atoms with Crippen LogP contribution in [0.1, 0.15) is 42.7 Å². The van der Waals surface area contributed by atoms with Gasteiger partial charge in [-0.05, 0) is 61.5 Å².